The normalized spacial score (nSPS) is 48.2. The smallest absolute Gasteiger partial charge is 0.0157 e. The highest BCUT2D eigenvalue weighted by Gasteiger charge is 2.48. The Kier molecular flexibility index (Phi) is 1.39. The lowest BCUT2D eigenvalue weighted by atomic mass is 9.95. The van der Waals surface area contributed by atoms with Crippen LogP contribution >= 0.6 is 0 Å². The Bertz CT molecular complexity index is 195. The molecular weight excluding hydrogens is 146 g/mol. The molecule has 1 nitrogen and oxygen atoms in total. The van der Waals surface area contributed by atoms with Gasteiger partial charge in [-0.1, -0.05) is 12.8 Å². The third-order valence-corrected chi connectivity index (χ3v) is 4.12. The van der Waals surface area contributed by atoms with Crippen molar-refractivity contribution in [2.75, 3.05) is 0 Å². The summed E-state index contributed by atoms with van der Waals surface area (Å²) < 4.78 is 0. The molecule has 3 aliphatic rings. The summed E-state index contributed by atoms with van der Waals surface area (Å²) in [4.78, 5) is 0. The van der Waals surface area contributed by atoms with Crippen molar-refractivity contribution < 1.29 is 0 Å². The van der Waals surface area contributed by atoms with Gasteiger partial charge in [-0.25, -0.2) is 0 Å². The van der Waals surface area contributed by atoms with Crippen molar-refractivity contribution in [3.05, 3.63) is 0 Å². The Hall–Kier alpha value is -0.0400. The Morgan fingerprint density at radius 1 is 1.25 bits per heavy atom. The van der Waals surface area contributed by atoms with E-state index >= 15 is 0 Å². The van der Waals surface area contributed by atoms with Crippen LogP contribution in [0, 0.1) is 11.8 Å². The number of rotatable bonds is 2. The maximum absolute atomic E-state index is 3.86. The van der Waals surface area contributed by atoms with E-state index in [2.05, 4.69) is 12.2 Å². The van der Waals surface area contributed by atoms with Crippen LogP contribution < -0.4 is 5.32 Å². The second kappa shape index (κ2) is 2.25. The van der Waals surface area contributed by atoms with E-state index in [1.165, 1.54) is 38.5 Å². The first-order chi connectivity index (χ1) is 5.77. The zero-order valence-corrected chi connectivity index (χ0v) is 7.97. The molecule has 0 aliphatic heterocycles. The van der Waals surface area contributed by atoms with Crippen molar-refractivity contribution in [3.63, 3.8) is 0 Å². The lowest BCUT2D eigenvalue weighted by molar-refractivity contribution is 0.319. The van der Waals surface area contributed by atoms with Crippen LogP contribution in [0.4, 0.5) is 0 Å². The van der Waals surface area contributed by atoms with Crippen molar-refractivity contribution >= 4 is 0 Å². The molecule has 0 aromatic carbocycles. The van der Waals surface area contributed by atoms with Crippen molar-refractivity contribution in [3.8, 4) is 0 Å². The molecule has 0 saturated heterocycles. The van der Waals surface area contributed by atoms with E-state index in [1.54, 1.807) is 0 Å². The summed E-state index contributed by atoms with van der Waals surface area (Å²) in [6, 6.07) is 0.899. The fraction of sp³-hybridized carbons (Fsp3) is 1.00. The van der Waals surface area contributed by atoms with Crippen LogP contribution in [0.2, 0.25) is 0 Å². The first-order valence-corrected chi connectivity index (χ1v) is 5.55. The summed E-state index contributed by atoms with van der Waals surface area (Å²) in [5, 5.41) is 3.86. The van der Waals surface area contributed by atoms with Gasteiger partial charge in [0.25, 0.3) is 0 Å². The molecule has 0 aromatic heterocycles. The highest BCUT2D eigenvalue weighted by atomic mass is 15.1. The number of fused-ring (bicyclic) bond motifs is 1. The standard InChI is InChI=1S/C11H19N/c1-11(5-6-11)12-10-4-2-3-8-7-9(8)10/h8-10,12H,2-7H2,1H3/t8-,9+,10?/m0/s1. The minimum Gasteiger partial charge on any atom is -0.308 e. The van der Waals surface area contributed by atoms with E-state index in [0.717, 1.165) is 17.9 Å². The molecule has 12 heavy (non-hydrogen) atoms. The second-order valence-electron chi connectivity index (χ2n) is 5.40. The predicted octanol–water partition coefficient (Wildman–Crippen LogP) is 2.32. The first kappa shape index (κ1) is 7.37. The summed E-state index contributed by atoms with van der Waals surface area (Å²) in [7, 11) is 0. The van der Waals surface area contributed by atoms with Crippen LogP contribution in [0.1, 0.15) is 45.4 Å². The van der Waals surface area contributed by atoms with Gasteiger partial charge >= 0.3 is 0 Å². The van der Waals surface area contributed by atoms with E-state index in [1.807, 2.05) is 0 Å². The van der Waals surface area contributed by atoms with E-state index < -0.39 is 0 Å². The Labute approximate surface area is 74.9 Å². The van der Waals surface area contributed by atoms with E-state index in [9.17, 15) is 0 Å². The summed E-state index contributed by atoms with van der Waals surface area (Å²) in [6.07, 6.45) is 8.83. The van der Waals surface area contributed by atoms with Crippen LogP contribution in [0.15, 0.2) is 0 Å². The van der Waals surface area contributed by atoms with E-state index in [4.69, 9.17) is 0 Å². The minimum atomic E-state index is 0.565. The highest BCUT2D eigenvalue weighted by molar-refractivity contribution is 5.05. The summed E-state index contributed by atoms with van der Waals surface area (Å²) in [6.45, 7) is 2.39. The number of nitrogens with one attached hydrogen (secondary N) is 1. The number of hydrogen-bond acceptors (Lipinski definition) is 1. The lowest BCUT2D eigenvalue weighted by Gasteiger charge is -2.26. The van der Waals surface area contributed by atoms with Gasteiger partial charge in [0.2, 0.25) is 0 Å². The number of hydrogen-bond donors (Lipinski definition) is 1. The summed E-state index contributed by atoms with van der Waals surface area (Å²) >= 11 is 0. The molecule has 1 N–H and O–H groups in total. The predicted molar refractivity (Wildman–Crippen MR) is 50.0 cm³/mol. The zero-order chi connectivity index (χ0) is 8.18. The maximum Gasteiger partial charge on any atom is 0.0157 e. The van der Waals surface area contributed by atoms with Crippen LogP contribution in [0.3, 0.4) is 0 Å². The molecule has 0 spiro atoms. The molecular formula is C11H19N. The molecule has 1 unspecified atom stereocenters. The third-order valence-electron chi connectivity index (χ3n) is 4.12. The summed E-state index contributed by atoms with van der Waals surface area (Å²) in [5.41, 5.74) is 0.565. The monoisotopic (exact) mass is 165 g/mol. The van der Waals surface area contributed by atoms with E-state index in [-0.39, 0.29) is 0 Å². The van der Waals surface area contributed by atoms with Gasteiger partial charge in [-0.05, 0) is 44.4 Å². The van der Waals surface area contributed by atoms with Gasteiger partial charge in [-0.3, -0.25) is 0 Å². The van der Waals surface area contributed by atoms with Gasteiger partial charge in [-0.15, -0.1) is 0 Å². The molecule has 1 heteroatoms. The average molecular weight is 165 g/mol. The van der Waals surface area contributed by atoms with Gasteiger partial charge < -0.3 is 5.32 Å². The Balaban J connectivity index is 1.61. The van der Waals surface area contributed by atoms with Gasteiger partial charge in [0.1, 0.15) is 0 Å². The topological polar surface area (TPSA) is 12.0 Å². The van der Waals surface area contributed by atoms with Crippen molar-refractivity contribution in [1.82, 2.24) is 5.32 Å². The fourth-order valence-corrected chi connectivity index (χ4v) is 2.87. The zero-order valence-electron chi connectivity index (χ0n) is 7.97. The molecule has 3 rings (SSSR count). The van der Waals surface area contributed by atoms with Crippen LogP contribution in [-0.4, -0.2) is 11.6 Å². The molecule has 0 aromatic rings. The van der Waals surface area contributed by atoms with Gasteiger partial charge in [0.05, 0.1) is 0 Å². The molecule has 0 bridgehead atoms. The Morgan fingerprint density at radius 3 is 2.83 bits per heavy atom. The minimum absolute atomic E-state index is 0.565. The van der Waals surface area contributed by atoms with Crippen molar-refractivity contribution in [2.45, 2.75) is 57.0 Å². The molecule has 68 valence electrons. The molecule has 0 radical (unpaired) electrons. The van der Waals surface area contributed by atoms with Crippen molar-refractivity contribution in [2.24, 2.45) is 11.8 Å². The molecule has 3 atom stereocenters. The maximum atomic E-state index is 3.86. The van der Waals surface area contributed by atoms with Gasteiger partial charge in [0.15, 0.2) is 0 Å². The molecule has 3 aliphatic carbocycles. The van der Waals surface area contributed by atoms with E-state index in [0.29, 0.717) is 5.54 Å². The van der Waals surface area contributed by atoms with Crippen molar-refractivity contribution in [1.29, 1.82) is 0 Å². The Morgan fingerprint density at radius 2 is 2.08 bits per heavy atom. The summed E-state index contributed by atoms with van der Waals surface area (Å²) in [5.74, 6) is 2.20. The molecule has 3 fully saturated rings. The molecule has 3 saturated carbocycles. The second-order valence-corrected chi connectivity index (χ2v) is 5.40. The molecule has 0 amide bonds. The van der Waals surface area contributed by atoms with Gasteiger partial charge in [0, 0.05) is 11.6 Å². The van der Waals surface area contributed by atoms with Gasteiger partial charge in [-0.2, -0.15) is 0 Å². The first-order valence-electron chi connectivity index (χ1n) is 5.55. The lowest BCUT2D eigenvalue weighted by Crippen LogP contribution is -2.41. The fourth-order valence-electron chi connectivity index (χ4n) is 2.87. The average Bonchev–Trinajstić information content (AvgIpc) is 2.87. The van der Waals surface area contributed by atoms with Crippen LogP contribution in [0.5, 0.6) is 0 Å². The molecule has 0 heterocycles. The van der Waals surface area contributed by atoms with Crippen LogP contribution in [-0.2, 0) is 0 Å². The third kappa shape index (κ3) is 1.19. The largest absolute Gasteiger partial charge is 0.308 e. The van der Waals surface area contributed by atoms with Crippen LogP contribution in [0.25, 0.3) is 0 Å². The SMILES string of the molecule is CC1(NC2CCC[C@H]3C[C@@H]23)CC1. The quantitative estimate of drug-likeness (QED) is 0.662. The highest BCUT2D eigenvalue weighted by Crippen LogP contribution is 2.51.